The van der Waals surface area contributed by atoms with Crippen LogP contribution in [0.2, 0.25) is 0 Å². The molecule has 72 valence electrons. The van der Waals surface area contributed by atoms with Gasteiger partial charge in [-0.1, -0.05) is 18.2 Å². The van der Waals surface area contributed by atoms with Crippen molar-refractivity contribution in [1.29, 1.82) is 0 Å². The highest BCUT2D eigenvalue weighted by molar-refractivity contribution is 6.48. The summed E-state index contributed by atoms with van der Waals surface area (Å²) in [5, 5.41) is 9.20. The van der Waals surface area contributed by atoms with E-state index in [9.17, 15) is 5.11 Å². The first-order valence-electron chi connectivity index (χ1n) is 3.57. The topological polar surface area (TPSA) is 90.2 Å². The van der Waals surface area contributed by atoms with E-state index in [-0.39, 0.29) is 12.4 Å². The van der Waals surface area contributed by atoms with Gasteiger partial charge >= 0.3 is 9.05 Å². The fourth-order valence-electron chi connectivity index (χ4n) is 0.807. The third-order valence-electron chi connectivity index (χ3n) is 1.41. The summed E-state index contributed by atoms with van der Waals surface area (Å²) in [6, 6.07) is 6.28. The molecule has 13 heavy (non-hydrogen) atoms. The van der Waals surface area contributed by atoms with Gasteiger partial charge in [-0.05, 0) is 6.07 Å². The zero-order valence-electron chi connectivity index (χ0n) is 6.71. The maximum atomic E-state index is 9.20. The summed E-state index contributed by atoms with van der Waals surface area (Å²) >= 11 is 0. The molecule has 0 saturated carbocycles. The van der Waals surface area contributed by atoms with Gasteiger partial charge in [-0.25, -0.2) is 0 Å². The SMILES string of the molecule is Oc1ccccc1CO[Si](O)(O)O. The lowest BCUT2D eigenvalue weighted by Crippen LogP contribution is -2.38. The number of hydrogen-bond donors (Lipinski definition) is 4. The maximum Gasteiger partial charge on any atom is 0.671 e. The Morgan fingerprint density at radius 1 is 1.15 bits per heavy atom. The number of para-hydroxylation sites is 1. The summed E-state index contributed by atoms with van der Waals surface area (Å²) in [6.45, 7) is -0.234. The lowest BCUT2D eigenvalue weighted by Gasteiger charge is -2.10. The Balaban J connectivity index is 2.60. The van der Waals surface area contributed by atoms with E-state index in [4.69, 9.17) is 14.4 Å². The quantitative estimate of drug-likeness (QED) is 0.488. The molecule has 1 rings (SSSR count). The minimum absolute atomic E-state index is 0.0132. The summed E-state index contributed by atoms with van der Waals surface area (Å²) in [4.78, 5) is 25.5. The Kier molecular flexibility index (Phi) is 3.01. The van der Waals surface area contributed by atoms with Crippen LogP contribution in [0.25, 0.3) is 0 Å². The summed E-state index contributed by atoms with van der Waals surface area (Å²) in [7, 11) is -4.47. The molecular weight excluding hydrogens is 192 g/mol. The van der Waals surface area contributed by atoms with Gasteiger partial charge in [-0.3, -0.25) is 0 Å². The molecule has 0 radical (unpaired) electrons. The number of rotatable bonds is 3. The van der Waals surface area contributed by atoms with Gasteiger partial charge in [0.05, 0.1) is 6.61 Å². The Morgan fingerprint density at radius 2 is 1.77 bits per heavy atom. The lowest BCUT2D eigenvalue weighted by molar-refractivity contribution is 0.0558. The van der Waals surface area contributed by atoms with Crippen LogP contribution in [0.1, 0.15) is 5.56 Å². The van der Waals surface area contributed by atoms with E-state index in [2.05, 4.69) is 4.43 Å². The van der Waals surface area contributed by atoms with Crippen LogP contribution in [0.4, 0.5) is 0 Å². The molecule has 6 heteroatoms. The predicted octanol–water partition coefficient (Wildman–Crippen LogP) is -0.679. The van der Waals surface area contributed by atoms with E-state index in [0.717, 1.165) is 0 Å². The second-order valence-electron chi connectivity index (χ2n) is 2.49. The molecule has 0 aliphatic rings. The minimum Gasteiger partial charge on any atom is -0.508 e. The van der Waals surface area contributed by atoms with Crippen LogP contribution in [0.15, 0.2) is 24.3 Å². The van der Waals surface area contributed by atoms with Crippen molar-refractivity contribution in [2.24, 2.45) is 0 Å². The van der Waals surface area contributed by atoms with Crippen molar-refractivity contribution in [1.82, 2.24) is 0 Å². The van der Waals surface area contributed by atoms with Crippen molar-refractivity contribution < 1.29 is 23.9 Å². The number of hydrogen-bond acceptors (Lipinski definition) is 5. The third-order valence-corrected chi connectivity index (χ3v) is 1.94. The monoisotopic (exact) mass is 202 g/mol. The summed E-state index contributed by atoms with van der Waals surface area (Å²) in [5.74, 6) is -0.0132. The van der Waals surface area contributed by atoms with Crippen LogP contribution >= 0.6 is 0 Å². The molecule has 0 heterocycles. The van der Waals surface area contributed by atoms with Crippen LogP contribution in [-0.4, -0.2) is 28.5 Å². The molecule has 1 aromatic carbocycles. The van der Waals surface area contributed by atoms with E-state index in [1.165, 1.54) is 6.07 Å². The van der Waals surface area contributed by atoms with Gasteiger partial charge in [-0.2, -0.15) is 0 Å². The molecule has 1 aromatic rings. The standard InChI is InChI=1S/C7H10O5Si/c8-7-4-2-1-3-6(7)5-12-13(9,10)11/h1-4,8-11H,5H2. The van der Waals surface area contributed by atoms with Gasteiger partial charge in [0.25, 0.3) is 0 Å². The summed E-state index contributed by atoms with van der Waals surface area (Å²) in [6.07, 6.45) is 0. The van der Waals surface area contributed by atoms with Gasteiger partial charge in [0.15, 0.2) is 0 Å². The zero-order chi connectivity index (χ0) is 9.90. The molecule has 0 bridgehead atoms. The van der Waals surface area contributed by atoms with E-state index >= 15 is 0 Å². The fourth-order valence-corrected chi connectivity index (χ4v) is 1.16. The normalized spacial score (nSPS) is 11.6. The second kappa shape index (κ2) is 3.86. The molecule has 4 N–H and O–H groups in total. The van der Waals surface area contributed by atoms with Crippen LogP contribution in [-0.2, 0) is 11.0 Å². The van der Waals surface area contributed by atoms with Gasteiger partial charge in [0, 0.05) is 5.56 Å². The Bertz CT molecular complexity index is 282. The molecular formula is C7H10O5Si. The molecule has 0 fully saturated rings. The average Bonchev–Trinajstić information content (AvgIpc) is 2.01. The molecule has 0 atom stereocenters. The lowest BCUT2D eigenvalue weighted by atomic mass is 10.2. The zero-order valence-corrected chi connectivity index (χ0v) is 7.71. The van der Waals surface area contributed by atoms with Crippen LogP contribution in [0, 0.1) is 0 Å². The van der Waals surface area contributed by atoms with Crippen LogP contribution in [0.5, 0.6) is 5.75 Å². The van der Waals surface area contributed by atoms with Gasteiger partial charge < -0.3 is 23.9 Å². The van der Waals surface area contributed by atoms with Gasteiger partial charge in [0.2, 0.25) is 0 Å². The van der Waals surface area contributed by atoms with Crippen molar-refractivity contribution >= 4 is 9.05 Å². The highest BCUT2D eigenvalue weighted by atomic mass is 28.4. The highest BCUT2D eigenvalue weighted by Crippen LogP contribution is 2.16. The molecule has 0 aliphatic carbocycles. The molecule has 0 aliphatic heterocycles. The van der Waals surface area contributed by atoms with Crippen molar-refractivity contribution in [3.63, 3.8) is 0 Å². The van der Waals surface area contributed by atoms with E-state index < -0.39 is 9.05 Å². The Morgan fingerprint density at radius 3 is 2.31 bits per heavy atom. The molecule has 0 aromatic heterocycles. The van der Waals surface area contributed by atoms with E-state index in [0.29, 0.717) is 5.56 Å². The number of benzene rings is 1. The highest BCUT2D eigenvalue weighted by Gasteiger charge is 2.30. The van der Waals surface area contributed by atoms with Crippen molar-refractivity contribution in [3.05, 3.63) is 29.8 Å². The largest absolute Gasteiger partial charge is 0.671 e. The first kappa shape index (κ1) is 10.2. The summed E-state index contributed by atoms with van der Waals surface area (Å²) < 4.78 is 4.34. The van der Waals surface area contributed by atoms with Gasteiger partial charge in [0.1, 0.15) is 5.75 Å². The fraction of sp³-hybridized carbons (Fsp3) is 0.143. The van der Waals surface area contributed by atoms with E-state index in [1.807, 2.05) is 0 Å². The molecule has 0 unspecified atom stereocenters. The number of aromatic hydroxyl groups is 1. The average molecular weight is 202 g/mol. The molecule has 5 nitrogen and oxygen atoms in total. The van der Waals surface area contributed by atoms with Crippen molar-refractivity contribution in [2.45, 2.75) is 6.61 Å². The molecule has 0 saturated heterocycles. The minimum atomic E-state index is -4.47. The first-order chi connectivity index (χ1) is 5.99. The Labute approximate surface area is 76.0 Å². The van der Waals surface area contributed by atoms with Crippen LogP contribution < -0.4 is 0 Å². The van der Waals surface area contributed by atoms with Crippen molar-refractivity contribution in [3.8, 4) is 5.75 Å². The molecule has 0 spiro atoms. The van der Waals surface area contributed by atoms with Gasteiger partial charge in [-0.15, -0.1) is 0 Å². The number of phenols is 1. The van der Waals surface area contributed by atoms with Crippen LogP contribution in [0.3, 0.4) is 0 Å². The predicted molar refractivity (Wildman–Crippen MR) is 45.3 cm³/mol. The second-order valence-corrected chi connectivity index (χ2v) is 3.93. The summed E-state index contributed by atoms with van der Waals surface area (Å²) in [5.41, 5.74) is 0.386. The van der Waals surface area contributed by atoms with E-state index in [1.54, 1.807) is 18.2 Å². The smallest absolute Gasteiger partial charge is 0.508 e. The Hall–Kier alpha value is -0.923. The first-order valence-corrected chi connectivity index (χ1v) is 5.32. The maximum absolute atomic E-state index is 9.20. The number of phenolic OH excluding ortho intramolecular Hbond substituents is 1. The van der Waals surface area contributed by atoms with Crippen molar-refractivity contribution in [2.75, 3.05) is 0 Å². The third kappa shape index (κ3) is 3.53. The molecule has 0 amide bonds.